The fraction of sp³-hybridized carbons (Fsp3) is 0.500. The maximum absolute atomic E-state index is 6.02. The van der Waals surface area contributed by atoms with Gasteiger partial charge in [-0.25, -0.2) is 4.98 Å². The number of hydrogen-bond acceptors (Lipinski definition) is 3. The Kier molecular flexibility index (Phi) is 2.88. The molecule has 1 heterocycles. The largest absolute Gasteiger partial charge is 0.383 e. The zero-order chi connectivity index (χ0) is 10.0. The Morgan fingerprint density at radius 2 is 2.00 bits per heavy atom. The topological polar surface area (TPSA) is 64.9 Å². The molecule has 1 aromatic heterocycles. The number of nitrogens with zero attached hydrogens (tertiary/aromatic N) is 1. The molecule has 0 spiro atoms. The molecule has 1 atom stereocenters. The van der Waals surface area contributed by atoms with Crippen LogP contribution in [0.15, 0.2) is 12.3 Å². The summed E-state index contributed by atoms with van der Waals surface area (Å²) >= 11 is 0. The number of hydrogen-bond donors (Lipinski definition) is 2. The molecule has 1 unspecified atom stereocenters. The lowest BCUT2D eigenvalue weighted by molar-refractivity contribution is 0.512. The van der Waals surface area contributed by atoms with Crippen LogP contribution in [0.4, 0.5) is 5.82 Å². The molecule has 0 aliphatic carbocycles. The first-order valence-electron chi connectivity index (χ1n) is 4.50. The lowest BCUT2D eigenvalue weighted by atomic mass is 9.94. The van der Waals surface area contributed by atoms with E-state index in [-0.39, 0.29) is 6.04 Å². The zero-order valence-corrected chi connectivity index (χ0v) is 8.41. The van der Waals surface area contributed by atoms with Crippen molar-refractivity contribution in [2.24, 2.45) is 11.7 Å². The van der Waals surface area contributed by atoms with Crippen LogP contribution in [-0.2, 0) is 0 Å². The molecule has 72 valence electrons. The molecular formula is C10H17N3. The second-order valence-corrected chi connectivity index (χ2v) is 3.70. The molecular weight excluding hydrogens is 162 g/mol. The van der Waals surface area contributed by atoms with Crippen molar-refractivity contribution in [1.82, 2.24) is 4.98 Å². The summed E-state index contributed by atoms with van der Waals surface area (Å²) in [5, 5.41) is 0. The number of rotatable bonds is 2. The van der Waals surface area contributed by atoms with Gasteiger partial charge in [-0.3, -0.25) is 0 Å². The van der Waals surface area contributed by atoms with Gasteiger partial charge in [-0.15, -0.1) is 0 Å². The lowest BCUT2D eigenvalue weighted by Crippen LogP contribution is -2.20. The SMILES string of the molecule is Cc1ccnc(N)c1C(N)C(C)C. The van der Waals surface area contributed by atoms with Gasteiger partial charge in [0, 0.05) is 17.8 Å². The summed E-state index contributed by atoms with van der Waals surface area (Å²) in [6, 6.07) is 1.92. The molecule has 0 saturated carbocycles. The maximum atomic E-state index is 6.02. The molecule has 0 amide bonds. The molecule has 0 aliphatic heterocycles. The minimum atomic E-state index is -0.0197. The predicted octanol–water partition coefficient (Wildman–Crippen LogP) is 1.63. The molecule has 0 saturated heterocycles. The predicted molar refractivity (Wildman–Crippen MR) is 55.2 cm³/mol. The fourth-order valence-corrected chi connectivity index (χ4v) is 1.36. The smallest absolute Gasteiger partial charge is 0.128 e. The summed E-state index contributed by atoms with van der Waals surface area (Å²) in [5.74, 6) is 0.936. The normalized spacial score (nSPS) is 13.3. The minimum absolute atomic E-state index is 0.0197. The van der Waals surface area contributed by atoms with Crippen LogP contribution < -0.4 is 11.5 Å². The first-order valence-corrected chi connectivity index (χ1v) is 4.50. The second kappa shape index (κ2) is 3.75. The van der Waals surface area contributed by atoms with E-state index in [0.29, 0.717) is 11.7 Å². The van der Waals surface area contributed by atoms with Gasteiger partial charge in [-0.05, 0) is 24.5 Å². The van der Waals surface area contributed by atoms with Crippen LogP contribution in [0.3, 0.4) is 0 Å². The molecule has 1 rings (SSSR count). The van der Waals surface area contributed by atoms with E-state index in [0.717, 1.165) is 11.1 Å². The molecule has 3 heteroatoms. The average molecular weight is 179 g/mol. The quantitative estimate of drug-likeness (QED) is 0.725. The van der Waals surface area contributed by atoms with Crippen LogP contribution in [0, 0.1) is 12.8 Å². The van der Waals surface area contributed by atoms with E-state index < -0.39 is 0 Å². The standard InChI is InChI=1S/C10H17N3/c1-6(2)9(11)8-7(3)4-5-13-10(8)12/h4-6,9H,11H2,1-3H3,(H2,12,13). The van der Waals surface area contributed by atoms with Gasteiger partial charge >= 0.3 is 0 Å². The number of nitrogens with two attached hydrogens (primary N) is 2. The van der Waals surface area contributed by atoms with Gasteiger partial charge in [0.1, 0.15) is 5.82 Å². The number of anilines is 1. The second-order valence-electron chi connectivity index (χ2n) is 3.70. The summed E-state index contributed by atoms with van der Waals surface area (Å²) in [5.41, 5.74) is 13.9. The lowest BCUT2D eigenvalue weighted by Gasteiger charge is -2.19. The van der Waals surface area contributed by atoms with Crippen molar-refractivity contribution in [3.63, 3.8) is 0 Å². The van der Waals surface area contributed by atoms with Crippen molar-refractivity contribution in [2.75, 3.05) is 5.73 Å². The molecule has 13 heavy (non-hydrogen) atoms. The van der Waals surface area contributed by atoms with E-state index in [4.69, 9.17) is 11.5 Å². The van der Waals surface area contributed by atoms with Gasteiger partial charge in [-0.2, -0.15) is 0 Å². The van der Waals surface area contributed by atoms with Crippen molar-refractivity contribution in [1.29, 1.82) is 0 Å². The Morgan fingerprint density at radius 3 is 2.46 bits per heavy atom. The van der Waals surface area contributed by atoms with E-state index in [9.17, 15) is 0 Å². The van der Waals surface area contributed by atoms with Gasteiger partial charge in [0.05, 0.1) is 0 Å². The Hall–Kier alpha value is -1.09. The van der Waals surface area contributed by atoms with Crippen LogP contribution >= 0.6 is 0 Å². The van der Waals surface area contributed by atoms with Crippen LogP contribution in [-0.4, -0.2) is 4.98 Å². The monoisotopic (exact) mass is 179 g/mol. The Morgan fingerprint density at radius 1 is 1.38 bits per heavy atom. The zero-order valence-electron chi connectivity index (χ0n) is 8.41. The average Bonchev–Trinajstić information content (AvgIpc) is 2.03. The van der Waals surface area contributed by atoms with Crippen molar-refractivity contribution >= 4 is 5.82 Å². The van der Waals surface area contributed by atoms with Gasteiger partial charge < -0.3 is 11.5 Å². The molecule has 0 radical (unpaired) electrons. The summed E-state index contributed by atoms with van der Waals surface area (Å²) in [7, 11) is 0. The van der Waals surface area contributed by atoms with Crippen LogP contribution in [0.1, 0.15) is 31.0 Å². The highest BCUT2D eigenvalue weighted by Crippen LogP contribution is 2.25. The highest BCUT2D eigenvalue weighted by molar-refractivity contribution is 5.46. The summed E-state index contributed by atoms with van der Waals surface area (Å²) in [4.78, 5) is 4.04. The number of aromatic nitrogens is 1. The van der Waals surface area contributed by atoms with E-state index in [1.807, 2.05) is 13.0 Å². The maximum Gasteiger partial charge on any atom is 0.128 e. The highest BCUT2D eigenvalue weighted by Gasteiger charge is 2.15. The first-order chi connectivity index (χ1) is 6.04. The molecule has 0 aliphatic rings. The van der Waals surface area contributed by atoms with E-state index in [1.54, 1.807) is 6.20 Å². The molecule has 4 N–H and O–H groups in total. The first kappa shape index (κ1) is 9.99. The van der Waals surface area contributed by atoms with Crippen molar-refractivity contribution in [3.05, 3.63) is 23.4 Å². The Labute approximate surface area is 79.2 Å². The van der Waals surface area contributed by atoms with Gasteiger partial charge in [0.25, 0.3) is 0 Å². The van der Waals surface area contributed by atoms with Gasteiger partial charge in [0.15, 0.2) is 0 Å². The van der Waals surface area contributed by atoms with Crippen LogP contribution in [0.25, 0.3) is 0 Å². The van der Waals surface area contributed by atoms with Crippen LogP contribution in [0.5, 0.6) is 0 Å². The molecule has 0 bridgehead atoms. The number of aryl methyl sites for hydroxylation is 1. The minimum Gasteiger partial charge on any atom is -0.383 e. The fourth-order valence-electron chi connectivity index (χ4n) is 1.36. The van der Waals surface area contributed by atoms with Crippen molar-refractivity contribution in [3.8, 4) is 0 Å². The van der Waals surface area contributed by atoms with Crippen molar-refractivity contribution < 1.29 is 0 Å². The van der Waals surface area contributed by atoms with Gasteiger partial charge in [0.2, 0.25) is 0 Å². The summed E-state index contributed by atoms with van der Waals surface area (Å²) in [6.45, 7) is 6.17. The van der Waals surface area contributed by atoms with E-state index >= 15 is 0 Å². The third kappa shape index (κ3) is 1.98. The summed E-state index contributed by atoms with van der Waals surface area (Å²) in [6.07, 6.45) is 1.71. The molecule has 1 aromatic rings. The van der Waals surface area contributed by atoms with E-state index in [1.165, 1.54) is 0 Å². The molecule has 3 nitrogen and oxygen atoms in total. The number of nitrogen functional groups attached to an aromatic ring is 1. The number of pyridine rings is 1. The Bertz CT molecular complexity index is 274. The third-order valence-corrected chi connectivity index (χ3v) is 2.29. The summed E-state index contributed by atoms with van der Waals surface area (Å²) < 4.78 is 0. The third-order valence-electron chi connectivity index (χ3n) is 2.29. The Balaban J connectivity index is 3.12. The van der Waals surface area contributed by atoms with Crippen LogP contribution in [0.2, 0.25) is 0 Å². The van der Waals surface area contributed by atoms with Crippen molar-refractivity contribution in [2.45, 2.75) is 26.8 Å². The molecule has 0 aromatic carbocycles. The highest BCUT2D eigenvalue weighted by atomic mass is 14.8. The van der Waals surface area contributed by atoms with Gasteiger partial charge in [-0.1, -0.05) is 13.8 Å². The van der Waals surface area contributed by atoms with E-state index in [2.05, 4.69) is 18.8 Å². The molecule has 0 fully saturated rings.